The monoisotopic (exact) mass is 377 g/mol. The van der Waals surface area contributed by atoms with Crippen molar-refractivity contribution < 1.29 is 0 Å². The van der Waals surface area contributed by atoms with Crippen LogP contribution in [0.5, 0.6) is 0 Å². The Hall–Kier alpha value is -2.16. The predicted molar refractivity (Wildman–Crippen MR) is 109 cm³/mol. The van der Waals surface area contributed by atoms with Crippen molar-refractivity contribution in [2.24, 2.45) is 0 Å². The Morgan fingerprint density at radius 3 is 2.77 bits per heavy atom. The second-order valence-corrected chi connectivity index (χ2v) is 9.29. The van der Waals surface area contributed by atoms with Gasteiger partial charge < -0.3 is 0 Å². The first kappa shape index (κ1) is 17.3. The number of hydrogen-bond acceptors (Lipinski definition) is 5. The first-order chi connectivity index (χ1) is 12.7. The Morgan fingerprint density at radius 1 is 1.12 bits per heavy atom. The second-order valence-electron chi connectivity index (χ2n) is 6.70. The third-order valence-electron chi connectivity index (χ3n) is 4.51. The molecule has 0 saturated carbocycles. The maximum absolute atomic E-state index is 9.50. The van der Waals surface area contributed by atoms with Gasteiger partial charge in [0, 0.05) is 21.3 Å². The molecule has 0 fully saturated rings. The molecule has 5 heteroatoms. The summed E-state index contributed by atoms with van der Waals surface area (Å²) in [5.41, 5.74) is 5.76. The molecule has 0 bridgehead atoms. The van der Waals surface area contributed by atoms with E-state index in [0.717, 1.165) is 33.3 Å². The molecule has 0 radical (unpaired) electrons. The fraction of sp³-hybridized carbons (Fsp3) is 0.286. The smallest absolute Gasteiger partial charge is 0.148 e. The minimum Gasteiger partial charge on any atom is -0.192 e. The number of aryl methyl sites for hydroxylation is 1. The molecule has 0 amide bonds. The van der Waals surface area contributed by atoms with Crippen molar-refractivity contribution in [2.45, 2.75) is 43.3 Å². The van der Waals surface area contributed by atoms with Gasteiger partial charge in [-0.3, -0.25) is 0 Å². The summed E-state index contributed by atoms with van der Waals surface area (Å²) in [6.45, 7) is 4.27. The number of nitriles is 1. The molecule has 0 spiro atoms. The van der Waals surface area contributed by atoms with Crippen molar-refractivity contribution in [3.63, 3.8) is 0 Å². The molecular weight excluding hydrogens is 358 g/mol. The van der Waals surface area contributed by atoms with Gasteiger partial charge in [-0.1, -0.05) is 49.4 Å². The van der Waals surface area contributed by atoms with Crippen molar-refractivity contribution in [1.82, 2.24) is 10.2 Å². The van der Waals surface area contributed by atoms with Crippen molar-refractivity contribution >= 4 is 23.1 Å². The van der Waals surface area contributed by atoms with Crippen LogP contribution in [0.1, 0.15) is 37.0 Å². The number of fused-ring (bicyclic) bond motifs is 1. The minimum atomic E-state index is 0.446. The van der Waals surface area contributed by atoms with Gasteiger partial charge in [0.05, 0.1) is 5.56 Å². The molecule has 0 N–H and O–H groups in total. The molecule has 0 atom stereocenters. The molecule has 2 aromatic carbocycles. The van der Waals surface area contributed by atoms with Gasteiger partial charge in [0.25, 0.3) is 0 Å². The molecule has 1 aliphatic rings. The van der Waals surface area contributed by atoms with Crippen molar-refractivity contribution in [3.8, 4) is 27.2 Å². The van der Waals surface area contributed by atoms with E-state index in [1.165, 1.54) is 23.1 Å². The molecule has 1 aliphatic carbocycles. The molecule has 130 valence electrons. The van der Waals surface area contributed by atoms with Gasteiger partial charge in [-0.05, 0) is 42.5 Å². The first-order valence-electron chi connectivity index (χ1n) is 8.81. The van der Waals surface area contributed by atoms with Gasteiger partial charge in [0.15, 0.2) is 0 Å². The summed E-state index contributed by atoms with van der Waals surface area (Å²) in [7, 11) is 0. The Morgan fingerprint density at radius 2 is 1.96 bits per heavy atom. The van der Waals surface area contributed by atoms with Crippen LogP contribution in [0.15, 0.2) is 41.3 Å². The van der Waals surface area contributed by atoms with Crippen molar-refractivity contribution in [1.29, 1.82) is 5.26 Å². The third kappa shape index (κ3) is 3.27. The SMILES string of the molecule is CC(C)Sc1ccc(-c2nnc(-c3cccc4c3CCC4)s2)cc1C#N. The van der Waals surface area contributed by atoms with E-state index in [9.17, 15) is 5.26 Å². The lowest BCUT2D eigenvalue weighted by Gasteiger charge is -2.07. The summed E-state index contributed by atoms with van der Waals surface area (Å²) >= 11 is 3.32. The molecule has 0 unspecified atom stereocenters. The molecule has 26 heavy (non-hydrogen) atoms. The van der Waals surface area contributed by atoms with Crippen LogP contribution in [0.2, 0.25) is 0 Å². The van der Waals surface area contributed by atoms with E-state index in [0.29, 0.717) is 10.8 Å². The van der Waals surface area contributed by atoms with E-state index in [4.69, 9.17) is 0 Å². The number of hydrogen-bond donors (Lipinski definition) is 0. The summed E-state index contributed by atoms with van der Waals surface area (Å²) < 4.78 is 0. The molecule has 4 rings (SSSR count). The fourth-order valence-corrected chi connectivity index (χ4v) is 5.15. The van der Waals surface area contributed by atoms with Crippen LogP contribution in [-0.2, 0) is 12.8 Å². The van der Waals surface area contributed by atoms with E-state index in [1.807, 2.05) is 18.2 Å². The fourth-order valence-electron chi connectivity index (χ4n) is 3.38. The Kier molecular flexibility index (Phi) is 4.80. The Labute approximate surface area is 162 Å². The highest BCUT2D eigenvalue weighted by atomic mass is 32.2. The average Bonchev–Trinajstić information content (AvgIpc) is 3.30. The van der Waals surface area contributed by atoms with E-state index in [2.05, 4.69) is 48.3 Å². The highest BCUT2D eigenvalue weighted by Gasteiger charge is 2.18. The predicted octanol–water partition coefficient (Wildman–Crippen LogP) is 5.73. The summed E-state index contributed by atoms with van der Waals surface area (Å²) in [6.07, 6.45) is 3.51. The van der Waals surface area contributed by atoms with Crippen LogP contribution < -0.4 is 0 Å². The Bertz CT molecular complexity index is 999. The zero-order valence-electron chi connectivity index (χ0n) is 14.8. The number of nitrogens with zero attached hydrogens (tertiary/aromatic N) is 3. The summed E-state index contributed by atoms with van der Waals surface area (Å²) in [6, 6.07) is 14.8. The zero-order chi connectivity index (χ0) is 18.1. The highest BCUT2D eigenvalue weighted by Crippen LogP contribution is 2.37. The van der Waals surface area contributed by atoms with Gasteiger partial charge in [0.1, 0.15) is 16.1 Å². The van der Waals surface area contributed by atoms with Crippen LogP contribution in [0.4, 0.5) is 0 Å². The van der Waals surface area contributed by atoms with Crippen LogP contribution in [0.3, 0.4) is 0 Å². The molecule has 0 saturated heterocycles. The van der Waals surface area contributed by atoms with E-state index in [-0.39, 0.29) is 0 Å². The number of aromatic nitrogens is 2. The van der Waals surface area contributed by atoms with Gasteiger partial charge in [-0.25, -0.2) is 0 Å². The van der Waals surface area contributed by atoms with Crippen molar-refractivity contribution in [3.05, 3.63) is 53.1 Å². The normalized spacial score (nSPS) is 13.0. The topological polar surface area (TPSA) is 49.6 Å². The lowest BCUT2D eigenvalue weighted by molar-refractivity contribution is 0.912. The average molecular weight is 378 g/mol. The summed E-state index contributed by atoms with van der Waals surface area (Å²) in [5, 5.41) is 20.6. The quantitative estimate of drug-likeness (QED) is 0.545. The molecule has 0 aliphatic heterocycles. The van der Waals surface area contributed by atoms with Gasteiger partial charge in [-0.2, -0.15) is 5.26 Å². The first-order valence-corrected chi connectivity index (χ1v) is 10.5. The molecule has 3 aromatic rings. The zero-order valence-corrected chi connectivity index (χ0v) is 16.5. The summed E-state index contributed by atoms with van der Waals surface area (Å²) in [4.78, 5) is 1.02. The van der Waals surface area contributed by atoms with Crippen LogP contribution >= 0.6 is 23.1 Å². The van der Waals surface area contributed by atoms with E-state index >= 15 is 0 Å². The van der Waals surface area contributed by atoms with Crippen LogP contribution in [0.25, 0.3) is 21.1 Å². The lowest BCUT2D eigenvalue weighted by Crippen LogP contribution is -1.90. The van der Waals surface area contributed by atoms with Crippen LogP contribution in [-0.4, -0.2) is 15.4 Å². The maximum atomic E-state index is 9.50. The summed E-state index contributed by atoms with van der Waals surface area (Å²) in [5.74, 6) is 0. The van der Waals surface area contributed by atoms with Gasteiger partial charge in [-0.15, -0.1) is 22.0 Å². The van der Waals surface area contributed by atoms with E-state index < -0.39 is 0 Å². The number of rotatable bonds is 4. The maximum Gasteiger partial charge on any atom is 0.148 e. The van der Waals surface area contributed by atoms with Gasteiger partial charge >= 0.3 is 0 Å². The van der Waals surface area contributed by atoms with Crippen LogP contribution in [0, 0.1) is 11.3 Å². The number of benzene rings is 2. The second kappa shape index (κ2) is 7.22. The third-order valence-corrected chi connectivity index (χ3v) is 6.60. The van der Waals surface area contributed by atoms with Gasteiger partial charge in [0.2, 0.25) is 0 Å². The number of thioether (sulfide) groups is 1. The standard InChI is InChI=1S/C21H19N3S2/c1-13(2)25-19-10-9-15(11-16(19)12-22)20-23-24-21(26-20)18-8-4-6-14-5-3-7-17(14)18/h4,6,8-11,13H,3,5,7H2,1-2H3. The molecule has 1 aromatic heterocycles. The van der Waals surface area contributed by atoms with Crippen molar-refractivity contribution in [2.75, 3.05) is 0 Å². The van der Waals surface area contributed by atoms with E-state index in [1.54, 1.807) is 23.1 Å². The largest absolute Gasteiger partial charge is 0.192 e. The molecular formula is C21H19N3S2. The minimum absolute atomic E-state index is 0.446. The molecule has 3 nitrogen and oxygen atoms in total. The molecule has 1 heterocycles. The highest BCUT2D eigenvalue weighted by molar-refractivity contribution is 8.00. The Balaban J connectivity index is 1.69. The lowest BCUT2D eigenvalue weighted by atomic mass is 10.0.